The molecule has 3 rings (SSSR count). The highest BCUT2D eigenvalue weighted by Gasteiger charge is 2.39. The van der Waals surface area contributed by atoms with Gasteiger partial charge in [0.1, 0.15) is 29.5 Å². The van der Waals surface area contributed by atoms with Crippen molar-refractivity contribution < 1.29 is 28.4 Å². The van der Waals surface area contributed by atoms with E-state index >= 15 is 0 Å². The Morgan fingerprint density at radius 1 is 1.13 bits per heavy atom. The van der Waals surface area contributed by atoms with Crippen molar-refractivity contribution in [3.63, 3.8) is 0 Å². The number of carbonyl (C=O) groups excluding carboxylic acids is 2. The summed E-state index contributed by atoms with van der Waals surface area (Å²) in [6.07, 6.45) is 1.63. The highest BCUT2D eigenvalue weighted by Crippen LogP contribution is 2.40. The molecule has 0 aliphatic rings. The van der Waals surface area contributed by atoms with E-state index in [1.807, 2.05) is 0 Å². The molecule has 0 aliphatic heterocycles. The van der Waals surface area contributed by atoms with Crippen LogP contribution >= 0.6 is 7.44 Å². The first-order chi connectivity index (χ1) is 17.8. The maximum Gasteiger partial charge on any atom is 0.326 e. The molecule has 38 heavy (non-hydrogen) atoms. The minimum absolute atomic E-state index is 0.255. The van der Waals surface area contributed by atoms with Crippen LogP contribution in [0.2, 0.25) is 0 Å². The Hall–Kier alpha value is -3.54. The lowest BCUT2D eigenvalue weighted by atomic mass is 10.1. The number of nitrogens with one attached hydrogen (secondary N) is 2. The van der Waals surface area contributed by atoms with Crippen LogP contribution in [0.4, 0.5) is 5.82 Å². The zero-order chi connectivity index (χ0) is 28.1. The second kappa shape index (κ2) is 11.9. The number of nitrogens with two attached hydrogens (primary N) is 1. The van der Waals surface area contributed by atoms with Crippen molar-refractivity contribution in [2.45, 2.75) is 58.9 Å². The number of hydrogen-bond donors (Lipinski definition) is 3. The fourth-order valence-electron chi connectivity index (χ4n) is 3.52. The Morgan fingerprint density at radius 2 is 1.82 bits per heavy atom. The summed E-state index contributed by atoms with van der Waals surface area (Å²) in [5.41, 5.74) is 5.70. The van der Waals surface area contributed by atoms with Gasteiger partial charge in [0.05, 0.1) is 32.2 Å². The Labute approximate surface area is 220 Å². The first-order valence-electron chi connectivity index (χ1n) is 11.9. The van der Waals surface area contributed by atoms with Gasteiger partial charge in [0, 0.05) is 5.56 Å². The third-order valence-electron chi connectivity index (χ3n) is 5.37. The molecular weight excluding hydrogens is 513 g/mol. The molecule has 14 heteroatoms. The first kappa shape index (κ1) is 29.0. The SMILES string of the molecule is COc1ccc(C(=O)N[P@@](=O)(CO[C@H](C)Cn2cnc3c(N)ncnc32)NC(C)(C)C(=O)OC(C)C)cc1. The molecule has 0 radical (unpaired) electrons. The van der Waals surface area contributed by atoms with Crippen LogP contribution in [0.1, 0.15) is 45.0 Å². The van der Waals surface area contributed by atoms with Crippen LogP contribution < -0.4 is 20.6 Å². The van der Waals surface area contributed by atoms with Crippen molar-refractivity contribution in [3.8, 4) is 5.75 Å². The number of carbonyl (C=O) groups is 2. The molecule has 0 saturated carbocycles. The van der Waals surface area contributed by atoms with Crippen molar-refractivity contribution in [2.75, 3.05) is 19.2 Å². The average molecular weight is 548 g/mol. The topological polar surface area (TPSA) is 173 Å². The Bertz CT molecular complexity index is 1330. The number of benzene rings is 1. The molecule has 13 nitrogen and oxygen atoms in total. The number of nitrogens with zero attached hydrogens (tertiary/aromatic N) is 4. The standard InChI is InChI=1S/C24H34N7O6P/c1-15(2)37-23(33)24(4,5)30-38(34,29-22(32)17-7-9-18(35-6)10-8-17)14-36-16(3)11-31-13-28-19-20(25)26-12-27-21(19)31/h7-10,12-13,15-16H,11,14H2,1-6H3,(H2,25,26,27)(H2,29,30,32,34)/t16-,38+/m1/s1. The van der Waals surface area contributed by atoms with E-state index in [0.29, 0.717) is 23.5 Å². The molecule has 1 aromatic carbocycles. The Balaban J connectivity index is 1.78. The van der Waals surface area contributed by atoms with Gasteiger partial charge in [-0.2, -0.15) is 0 Å². The molecule has 3 aromatic rings. The van der Waals surface area contributed by atoms with Gasteiger partial charge in [-0.25, -0.2) is 20.0 Å². The minimum atomic E-state index is -3.85. The highest BCUT2D eigenvalue weighted by molar-refractivity contribution is 7.60. The van der Waals surface area contributed by atoms with Crippen LogP contribution in [0, 0.1) is 0 Å². The molecule has 2 aromatic heterocycles. The molecule has 0 spiro atoms. The molecule has 2 heterocycles. The maximum atomic E-state index is 14.0. The van der Waals surface area contributed by atoms with Gasteiger partial charge in [-0.15, -0.1) is 0 Å². The summed E-state index contributed by atoms with van der Waals surface area (Å²) < 4.78 is 32.1. The van der Waals surface area contributed by atoms with Gasteiger partial charge >= 0.3 is 5.97 Å². The number of methoxy groups -OCH3 is 1. The number of amides is 1. The number of aromatic nitrogens is 4. The lowest BCUT2D eigenvalue weighted by Crippen LogP contribution is -2.49. The molecule has 0 aliphatic carbocycles. The van der Waals surface area contributed by atoms with Gasteiger partial charge in [-0.05, 0) is 58.9 Å². The van der Waals surface area contributed by atoms with Gasteiger partial charge in [0.25, 0.3) is 13.4 Å². The van der Waals surface area contributed by atoms with Crippen LogP contribution in [0.25, 0.3) is 11.2 Å². The number of anilines is 1. The molecule has 206 valence electrons. The van der Waals surface area contributed by atoms with Gasteiger partial charge in [-0.1, -0.05) is 0 Å². The normalized spacial score (nSPS) is 14.2. The lowest BCUT2D eigenvalue weighted by molar-refractivity contribution is -0.153. The summed E-state index contributed by atoms with van der Waals surface area (Å²) in [6.45, 7) is 8.54. The lowest BCUT2D eigenvalue weighted by Gasteiger charge is -2.31. The fourth-order valence-corrected chi connectivity index (χ4v) is 5.62. The van der Waals surface area contributed by atoms with Crippen molar-refractivity contribution in [2.24, 2.45) is 0 Å². The molecule has 0 fully saturated rings. The van der Waals surface area contributed by atoms with Gasteiger partial charge < -0.3 is 24.5 Å². The number of imidazole rings is 1. The third-order valence-corrected chi connectivity index (χ3v) is 7.37. The number of nitrogen functional groups attached to an aromatic ring is 1. The average Bonchev–Trinajstić information content (AvgIpc) is 3.26. The fraction of sp³-hybridized carbons (Fsp3) is 0.458. The van der Waals surface area contributed by atoms with Gasteiger partial charge in [0.15, 0.2) is 11.5 Å². The monoisotopic (exact) mass is 547 g/mol. The van der Waals surface area contributed by atoms with E-state index in [2.05, 4.69) is 25.1 Å². The van der Waals surface area contributed by atoms with E-state index < -0.39 is 37.3 Å². The summed E-state index contributed by atoms with van der Waals surface area (Å²) >= 11 is 0. The van der Waals surface area contributed by atoms with E-state index in [-0.39, 0.29) is 17.5 Å². The van der Waals surface area contributed by atoms with Crippen LogP contribution in [0.3, 0.4) is 0 Å². The predicted octanol–water partition coefficient (Wildman–Crippen LogP) is 2.72. The number of ether oxygens (including phenoxy) is 3. The Morgan fingerprint density at radius 3 is 2.45 bits per heavy atom. The minimum Gasteiger partial charge on any atom is -0.497 e. The second-order valence-electron chi connectivity index (χ2n) is 9.53. The second-order valence-corrected chi connectivity index (χ2v) is 11.7. The molecule has 0 unspecified atom stereocenters. The van der Waals surface area contributed by atoms with Crippen molar-refractivity contribution in [1.29, 1.82) is 0 Å². The predicted molar refractivity (Wildman–Crippen MR) is 142 cm³/mol. The van der Waals surface area contributed by atoms with E-state index in [1.54, 1.807) is 43.8 Å². The van der Waals surface area contributed by atoms with E-state index in [0.717, 1.165) is 0 Å². The molecule has 0 bridgehead atoms. The quantitative estimate of drug-likeness (QED) is 0.225. The number of rotatable bonds is 12. The number of esters is 1. The van der Waals surface area contributed by atoms with Gasteiger partial charge in [-0.3, -0.25) is 19.2 Å². The first-order valence-corrected chi connectivity index (χ1v) is 13.8. The summed E-state index contributed by atoms with van der Waals surface area (Å²) in [5, 5.41) is 5.33. The van der Waals surface area contributed by atoms with Crippen LogP contribution in [0.15, 0.2) is 36.9 Å². The van der Waals surface area contributed by atoms with Crippen molar-refractivity contribution in [1.82, 2.24) is 29.7 Å². The third kappa shape index (κ3) is 7.27. The molecule has 2 atom stereocenters. The molecule has 4 N–H and O–H groups in total. The van der Waals surface area contributed by atoms with Crippen LogP contribution in [-0.4, -0.2) is 62.6 Å². The van der Waals surface area contributed by atoms with Gasteiger partial charge in [0.2, 0.25) is 0 Å². The molecule has 1 amide bonds. The summed E-state index contributed by atoms with van der Waals surface area (Å²) in [6, 6.07) is 6.30. The van der Waals surface area contributed by atoms with Crippen LogP contribution in [0.5, 0.6) is 5.75 Å². The van der Waals surface area contributed by atoms with E-state index in [9.17, 15) is 14.2 Å². The summed E-state index contributed by atoms with van der Waals surface area (Å²) in [5.74, 6) is -0.411. The maximum absolute atomic E-state index is 14.0. The zero-order valence-electron chi connectivity index (χ0n) is 22.3. The molecular formula is C24H34N7O6P. The van der Waals surface area contributed by atoms with Crippen molar-refractivity contribution in [3.05, 3.63) is 42.5 Å². The van der Waals surface area contributed by atoms with E-state index in [4.69, 9.17) is 19.9 Å². The zero-order valence-corrected chi connectivity index (χ0v) is 23.2. The number of hydrogen-bond acceptors (Lipinski definition) is 10. The van der Waals surface area contributed by atoms with E-state index in [1.165, 1.54) is 39.4 Å². The highest BCUT2D eigenvalue weighted by atomic mass is 31.2. The summed E-state index contributed by atoms with van der Waals surface area (Å²) in [4.78, 5) is 38.0. The Kier molecular flexibility index (Phi) is 9.08. The smallest absolute Gasteiger partial charge is 0.326 e. The van der Waals surface area contributed by atoms with Crippen LogP contribution in [-0.2, 0) is 25.4 Å². The van der Waals surface area contributed by atoms with Crippen molar-refractivity contribution >= 4 is 36.3 Å². The largest absolute Gasteiger partial charge is 0.497 e. The molecule has 0 saturated heterocycles. The summed E-state index contributed by atoms with van der Waals surface area (Å²) in [7, 11) is -2.34. The number of fused-ring (bicyclic) bond motifs is 1.